The van der Waals surface area contributed by atoms with Crippen LogP contribution in [0.15, 0.2) is 0 Å². The molecule has 0 aromatic rings. The third-order valence-corrected chi connectivity index (χ3v) is 0.691. The Kier molecular flexibility index (Phi) is 8.16. The lowest BCUT2D eigenvalue weighted by Gasteiger charge is -1.86. The quantitative estimate of drug-likeness (QED) is 0.563. The predicted octanol–water partition coefficient (Wildman–Crippen LogP) is 0.0633. The summed E-state index contributed by atoms with van der Waals surface area (Å²) < 4.78 is 0. The molecule has 0 atom stereocenters. The number of hydrogen-bond acceptors (Lipinski definition) is 3. The summed E-state index contributed by atoms with van der Waals surface area (Å²) in [5, 5.41) is 15.2. The number of hydrogen-bond donors (Lipinski definition) is 3. The van der Waals surface area contributed by atoms with Crippen molar-refractivity contribution in [3.8, 4) is 0 Å². The molecule has 1 amide bonds. The molecule has 6 heteroatoms. The van der Waals surface area contributed by atoms with Crippen molar-refractivity contribution in [3.05, 3.63) is 0 Å². The zero-order valence-corrected chi connectivity index (χ0v) is 6.61. The molecule has 0 bridgehead atoms. The summed E-state index contributed by atoms with van der Waals surface area (Å²) in [7, 11) is 0. The van der Waals surface area contributed by atoms with E-state index >= 15 is 0 Å². The van der Waals surface area contributed by atoms with E-state index in [9.17, 15) is 9.59 Å². The lowest BCUT2D eigenvalue weighted by molar-refractivity contribution is -0.138. The van der Waals surface area contributed by atoms with E-state index in [0.717, 1.165) is 0 Å². The molecule has 0 saturated heterocycles. The average molecular weight is 177 g/mol. The van der Waals surface area contributed by atoms with E-state index in [-0.39, 0.29) is 18.6 Å². The molecule has 0 aromatic carbocycles. The lowest BCUT2D eigenvalue weighted by atomic mass is 10.2. The van der Waals surface area contributed by atoms with Crippen LogP contribution in [0.5, 0.6) is 0 Å². The highest BCUT2D eigenvalue weighted by Gasteiger charge is 1.97. The summed E-state index contributed by atoms with van der Waals surface area (Å²) >= 11 is 0. The molecule has 70 valence electrons. The Morgan fingerprint density at radius 1 is 1.17 bits per heavy atom. The van der Waals surface area contributed by atoms with Crippen molar-refractivity contribution in [1.29, 1.82) is 0 Å². The minimum Gasteiger partial charge on any atom is -0.481 e. The first kappa shape index (κ1) is 13.0. The molecule has 0 heterocycles. The molecule has 0 aliphatic heterocycles. The first-order chi connectivity index (χ1) is 5.36. The minimum atomic E-state index is -1.33. The van der Waals surface area contributed by atoms with E-state index in [1.54, 1.807) is 0 Å². The van der Waals surface area contributed by atoms with Crippen molar-refractivity contribution < 1.29 is 24.6 Å². The number of Topliss-reactive ketones (excluding diaryl/α,β-unsaturated/α-hetero) is 1. The number of amides is 1. The van der Waals surface area contributed by atoms with Gasteiger partial charge in [0.05, 0.1) is 6.42 Å². The first-order valence-electron chi connectivity index (χ1n) is 3.06. The summed E-state index contributed by atoms with van der Waals surface area (Å²) in [5.41, 5.74) is 4.03. The molecule has 0 aromatic heterocycles. The Hall–Kier alpha value is -1.59. The largest absolute Gasteiger partial charge is 0.481 e. The van der Waals surface area contributed by atoms with Gasteiger partial charge < -0.3 is 20.7 Å². The Labute approximate surface area is 69.0 Å². The van der Waals surface area contributed by atoms with Gasteiger partial charge in [0.1, 0.15) is 5.78 Å². The molecule has 0 aliphatic rings. The molecule has 0 spiro atoms. The van der Waals surface area contributed by atoms with Crippen LogP contribution in [-0.2, 0) is 9.59 Å². The van der Waals surface area contributed by atoms with Crippen molar-refractivity contribution in [2.24, 2.45) is 5.73 Å². The second-order valence-corrected chi connectivity index (χ2v) is 1.93. The van der Waals surface area contributed by atoms with Crippen LogP contribution >= 0.6 is 0 Å². The van der Waals surface area contributed by atoms with Crippen LogP contribution in [0.25, 0.3) is 0 Å². The molecule has 0 aliphatic carbocycles. The van der Waals surface area contributed by atoms with Crippen molar-refractivity contribution >= 4 is 17.8 Å². The third-order valence-electron chi connectivity index (χ3n) is 0.691. The van der Waals surface area contributed by atoms with Crippen LogP contribution in [-0.4, -0.2) is 28.1 Å². The number of nitrogens with two attached hydrogens (primary N) is 1. The predicted molar refractivity (Wildman–Crippen MR) is 39.8 cm³/mol. The molecular formula is C6H11NO5. The van der Waals surface area contributed by atoms with Crippen LogP contribution in [0, 0.1) is 0 Å². The normalized spacial score (nSPS) is 7.75. The van der Waals surface area contributed by atoms with Gasteiger partial charge in [-0.15, -0.1) is 0 Å². The number of ketones is 1. The van der Waals surface area contributed by atoms with Crippen LogP contribution in [0.4, 0.5) is 4.79 Å². The zero-order valence-electron chi connectivity index (χ0n) is 6.61. The van der Waals surface area contributed by atoms with Gasteiger partial charge in [0, 0.05) is 6.42 Å². The Morgan fingerprint density at radius 3 is 1.58 bits per heavy atom. The fraction of sp³-hybridized carbons (Fsp3) is 0.500. The van der Waals surface area contributed by atoms with Gasteiger partial charge in [-0.2, -0.15) is 0 Å². The standard InChI is InChI=1S/C5H8O3.CH3NO2/c1-4(6)2-3-5(7)8;2-1(3)4/h2-3H2,1H3,(H,7,8);2H2,(H,3,4). The van der Waals surface area contributed by atoms with Gasteiger partial charge >= 0.3 is 12.1 Å². The lowest BCUT2D eigenvalue weighted by Crippen LogP contribution is -2.03. The highest BCUT2D eigenvalue weighted by molar-refractivity contribution is 5.80. The summed E-state index contributed by atoms with van der Waals surface area (Å²) in [6.45, 7) is 1.38. The van der Waals surface area contributed by atoms with Gasteiger partial charge in [-0.3, -0.25) is 4.79 Å². The molecular weight excluding hydrogens is 166 g/mol. The number of carboxylic acids is 1. The summed E-state index contributed by atoms with van der Waals surface area (Å²) in [6.07, 6.45) is -1.23. The van der Waals surface area contributed by atoms with E-state index in [2.05, 4.69) is 5.73 Å². The topological polar surface area (TPSA) is 118 Å². The molecule has 6 nitrogen and oxygen atoms in total. The Bertz CT molecular complexity index is 159. The van der Waals surface area contributed by atoms with E-state index in [0.29, 0.717) is 0 Å². The number of aliphatic carboxylic acids is 1. The maximum Gasteiger partial charge on any atom is 0.402 e. The molecule has 4 N–H and O–H groups in total. The Morgan fingerprint density at radius 2 is 1.50 bits per heavy atom. The fourth-order valence-electron chi connectivity index (χ4n) is 0.283. The van der Waals surface area contributed by atoms with E-state index in [1.165, 1.54) is 6.92 Å². The van der Waals surface area contributed by atoms with Crippen LogP contribution in [0.2, 0.25) is 0 Å². The van der Waals surface area contributed by atoms with Gasteiger partial charge in [-0.25, -0.2) is 4.79 Å². The van der Waals surface area contributed by atoms with E-state index in [4.69, 9.17) is 15.0 Å². The SMILES string of the molecule is CC(=O)CCC(=O)O.NC(=O)O. The van der Waals surface area contributed by atoms with Crippen molar-refractivity contribution in [2.75, 3.05) is 0 Å². The fourth-order valence-corrected chi connectivity index (χ4v) is 0.283. The maximum absolute atomic E-state index is 10.1. The van der Waals surface area contributed by atoms with Gasteiger partial charge in [-0.1, -0.05) is 0 Å². The van der Waals surface area contributed by atoms with Gasteiger partial charge in [0.25, 0.3) is 0 Å². The maximum atomic E-state index is 10.1. The highest BCUT2D eigenvalue weighted by Crippen LogP contribution is 1.87. The number of primary amides is 1. The molecule has 12 heavy (non-hydrogen) atoms. The van der Waals surface area contributed by atoms with Gasteiger partial charge in [0.2, 0.25) is 0 Å². The second kappa shape index (κ2) is 7.52. The van der Waals surface area contributed by atoms with E-state index < -0.39 is 12.1 Å². The van der Waals surface area contributed by atoms with Crippen LogP contribution in [0.1, 0.15) is 19.8 Å². The van der Waals surface area contributed by atoms with Gasteiger partial charge in [-0.05, 0) is 6.92 Å². The number of carbonyl (C=O) groups excluding carboxylic acids is 1. The highest BCUT2D eigenvalue weighted by atomic mass is 16.4. The number of rotatable bonds is 3. The number of carboxylic acid groups (broad SMARTS) is 2. The van der Waals surface area contributed by atoms with Crippen LogP contribution < -0.4 is 5.73 Å². The molecule has 0 fully saturated rings. The molecule has 0 radical (unpaired) electrons. The molecule has 0 rings (SSSR count). The smallest absolute Gasteiger partial charge is 0.402 e. The van der Waals surface area contributed by atoms with Crippen molar-refractivity contribution in [3.63, 3.8) is 0 Å². The summed E-state index contributed by atoms with van der Waals surface area (Å²) in [4.78, 5) is 28.6. The molecule has 0 unspecified atom stereocenters. The third kappa shape index (κ3) is 39.7. The summed E-state index contributed by atoms with van der Waals surface area (Å²) in [5.74, 6) is -0.993. The minimum absolute atomic E-state index is 0.0463. The zero-order chi connectivity index (χ0) is 10.1. The van der Waals surface area contributed by atoms with Crippen LogP contribution in [0.3, 0.4) is 0 Å². The average Bonchev–Trinajstić information content (AvgIpc) is 1.82. The number of carbonyl (C=O) groups is 3. The Balaban J connectivity index is 0. The van der Waals surface area contributed by atoms with Crippen molar-refractivity contribution in [1.82, 2.24) is 0 Å². The first-order valence-corrected chi connectivity index (χ1v) is 3.06. The van der Waals surface area contributed by atoms with Crippen molar-refractivity contribution in [2.45, 2.75) is 19.8 Å². The molecule has 0 saturated carbocycles. The second-order valence-electron chi connectivity index (χ2n) is 1.93. The van der Waals surface area contributed by atoms with E-state index in [1.807, 2.05) is 0 Å². The summed E-state index contributed by atoms with van der Waals surface area (Å²) in [6, 6.07) is 0. The van der Waals surface area contributed by atoms with Gasteiger partial charge in [0.15, 0.2) is 0 Å². The monoisotopic (exact) mass is 177 g/mol.